The Bertz CT molecular complexity index is 991. The van der Waals surface area contributed by atoms with Crippen LogP contribution < -0.4 is 10.1 Å². The van der Waals surface area contributed by atoms with E-state index in [1.54, 1.807) is 7.11 Å². The molecular formula is C25H30N2O3. The fourth-order valence-corrected chi connectivity index (χ4v) is 3.91. The molecule has 0 aliphatic heterocycles. The average Bonchev–Trinajstić information content (AvgIpc) is 2.99. The maximum absolute atomic E-state index is 12.0. The number of hydrogen-bond donors (Lipinski definition) is 2. The second-order valence-corrected chi connectivity index (χ2v) is 7.71. The Morgan fingerprint density at radius 3 is 2.33 bits per heavy atom. The van der Waals surface area contributed by atoms with Gasteiger partial charge >= 0.3 is 5.97 Å². The third-order valence-corrected chi connectivity index (χ3v) is 5.74. The summed E-state index contributed by atoms with van der Waals surface area (Å²) in [5, 5.41) is 13.3. The third-order valence-electron chi connectivity index (χ3n) is 5.74. The van der Waals surface area contributed by atoms with Gasteiger partial charge in [-0.25, -0.2) is 4.79 Å². The zero-order valence-corrected chi connectivity index (χ0v) is 18.1. The highest BCUT2D eigenvalue weighted by Gasteiger charge is 2.22. The number of hydrogen-bond acceptors (Lipinski definition) is 3. The number of rotatable bonds is 9. The van der Waals surface area contributed by atoms with E-state index in [2.05, 4.69) is 28.9 Å². The predicted molar refractivity (Wildman–Crippen MR) is 120 cm³/mol. The van der Waals surface area contributed by atoms with E-state index in [1.807, 2.05) is 56.3 Å². The number of benzene rings is 2. The molecule has 30 heavy (non-hydrogen) atoms. The fourth-order valence-electron chi connectivity index (χ4n) is 3.91. The minimum atomic E-state index is -0.878. The number of carboxylic acids is 1. The molecule has 0 aliphatic carbocycles. The van der Waals surface area contributed by atoms with Crippen LogP contribution in [-0.2, 0) is 13.1 Å². The van der Waals surface area contributed by atoms with Crippen LogP contribution in [0.2, 0.25) is 0 Å². The molecule has 5 nitrogen and oxygen atoms in total. The van der Waals surface area contributed by atoms with E-state index in [-0.39, 0.29) is 0 Å². The van der Waals surface area contributed by atoms with Gasteiger partial charge in [-0.05, 0) is 43.0 Å². The van der Waals surface area contributed by atoms with Crippen molar-refractivity contribution in [1.82, 2.24) is 9.88 Å². The lowest BCUT2D eigenvalue weighted by atomic mass is 10.0. The van der Waals surface area contributed by atoms with Gasteiger partial charge in [-0.1, -0.05) is 49.4 Å². The van der Waals surface area contributed by atoms with Crippen LogP contribution in [0.5, 0.6) is 5.75 Å². The quantitative estimate of drug-likeness (QED) is 0.538. The van der Waals surface area contributed by atoms with Crippen molar-refractivity contribution >= 4 is 5.97 Å². The largest absolute Gasteiger partial charge is 0.497 e. The number of nitrogens with zero attached hydrogens (tertiary/aromatic N) is 1. The Labute approximate surface area is 178 Å². The second-order valence-electron chi connectivity index (χ2n) is 7.71. The zero-order chi connectivity index (χ0) is 21.7. The molecule has 1 atom stereocenters. The number of methoxy groups -OCH3 is 1. The van der Waals surface area contributed by atoms with Gasteiger partial charge in [0.2, 0.25) is 0 Å². The molecule has 3 rings (SSSR count). The van der Waals surface area contributed by atoms with Crippen molar-refractivity contribution < 1.29 is 14.6 Å². The summed E-state index contributed by atoms with van der Waals surface area (Å²) < 4.78 is 7.31. The van der Waals surface area contributed by atoms with E-state index < -0.39 is 5.97 Å². The van der Waals surface area contributed by atoms with Crippen molar-refractivity contribution in [3.05, 3.63) is 88.2 Å². The van der Waals surface area contributed by atoms with E-state index in [0.717, 1.165) is 34.8 Å². The third kappa shape index (κ3) is 4.74. The van der Waals surface area contributed by atoms with E-state index in [1.165, 1.54) is 5.56 Å². The molecule has 0 amide bonds. The van der Waals surface area contributed by atoms with Crippen LogP contribution in [-0.4, -0.2) is 29.3 Å². The molecule has 0 spiro atoms. The molecule has 0 radical (unpaired) electrons. The Morgan fingerprint density at radius 1 is 1.07 bits per heavy atom. The van der Waals surface area contributed by atoms with Gasteiger partial charge in [-0.2, -0.15) is 0 Å². The lowest BCUT2D eigenvalue weighted by molar-refractivity contribution is 0.0694. The van der Waals surface area contributed by atoms with Crippen LogP contribution in [0.1, 0.15) is 51.3 Å². The van der Waals surface area contributed by atoms with Crippen molar-refractivity contribution in [3.63, 3.8) is 0 Å². The molecule has 2 aromatic carbocycles. The highest BCUT2D eigenvalue weighted by molar-refractivity contribution is 5.91. The molecule has 0 unspecified atom stereocenters. The van der Waals surface area contributed by atoms with Gasteiger partial charge in [0.25, 0.3) is 0 Å². The first-order chi connectivity index (χ1) is 14.4. The van der Waals surface area contributed by atoms with E-state index >= 15 is 0 Å². The van der Waals surface area contributed by atoms with Crippen LogP contribution in [0.4, 0.5) is 0 Å². The van der Waals surface area contributed by atoms with Crippen LogP contribution in [0.15, 0.2) is 54.6 Å². The summed E-state index contributed by atoms with van der Waals surface area (Å²) in [4.78, 5) is 12.0. The molecule has 0 bridgehead atoms. The molecule has 0 saturated heterocycles. The lowest BCUT2D eigenvalue weighted by Gasteiger charge is -2.14. The Kier molecular flexibility index (Phi) is 6.95. The molecule has 5 heteroatoms. The van der Waals surface area contributed by atoms with Crippen LogP contribution in [0.25, 0.3) is 0 Å². The average molecular weight is 407 g/mol. The van der Waals surface area contributed by atoms with Crippen molar-refractivity contribution in [3.8, 4) is 5.75 Å². The van der Waals surface area contributed by atoms with Crippen LogP contribution >= 0.6 is 0 Å². The number of nitrogens with one attached hydrogen (secondary N) is 1. The number of ether oxygens (including phenoxy) is 1. The standard InChI is InChI=1S/C25H30N2O3/c1-17(21-8-6-5-7-9-21)14-26-15-23-18(2)27(19(3)24(23)25(28)29)16-20-10-12-22(30-4)13-11-20/h5-13,17,26H,14-16H2,1-4H3,(H,28,29)/t17-/m1/s1. The SMILES string of the molecule is COc1ccc(Cn2c(C)c(CNC[C@@H](C)c3ccccc3)c(C(=O)O)c2C)cc1. The van der Waals surface area contributed by atoms with Crippen LogP contribution in [0.3, 0.4) is 0 Å². The second kappa shape index (κ2) is 9.63. The van der Waals surface area contributed by atoms with Crippen LogP contribution in [0, 0.1) is 13.8 Å². The molecule has 0 saturated carbocycles. The maximum atomic E-state index is 12.0. The predicted octanol–water partition coefficient (Wildman–Crippen LogP) is 4.75. The molecule has 0 fully saturated rings. The molecule has 158 valence electrons. The molecule has 2 N–H and O–H groups in total. The van der Waals surface area contributed by atoms with E-state index in [4.69, 9.17) is 4.74 Å². The highest BCUT2D eigenvalue weighted by atomic mass is 16.5. The summed E-state index contributed by atoms with van der Waals surface area (Å²) in [6.07, 6.45) is 0. The van der Waals surface area contributed by atoms with E-state index in [0.29, 0.717) is 24.6 Å². The number of carbonyl (C=O) groups is 1. The molecule has 1 heterocycles. The fraction of sp³-hybridized carbons (Fsp3) is 0.320. The Morgan fingerprint density at radius 2 is 1.73 bits per heavy atom. The number of aromatic nitrogens is 1. The van der Waals surface area contributed by atoms with Gasteiger partial charge in [0, 0.05) is 36.6 Å². The lowest BCUT2D eigenvalue weighted by Crippen LogP contribution is -2.21. The molecule has 3 aromatic rings. The topological polar surface area (TPSA) is 63.5 Å². The number of carboxylic acid groups (broad SMARTS) is 1. The minimum Gasteiger partial charge on any atom is -0.497 e. The smallest absolute Gasteiger partial charge is 0.337 e. The highest BCUT2D eigenvalue weighted by Crippen LogP contribution is 2.25. The summed E-state index contributed by atoms with van der Waals surface area (Å²) in [5.41, 5.74) is 5.40. The summed E-state index contributed by atoms with van der Waals surface area (Å²) in [5.74, 6) is 0.280. The van der Waals surface area contributed by atoms with Gasteiger partial charge in [0.1, 0.15) is 5.75 Å². The van der Waals surface area contributed by atoms with Crippen molar-refractivity contribution in [1.29, 1.82) is 0 Å². The van der Waals surface area contributed by atoms with Crippen molar-refractivity contribution in [2.24, 2.45) is 0 Å². The zero-order valence-electron chi connectivity index (χ0n) is 18.1. The summed E-state index contributed by atoms with van der Waals surface area (Å²) >= 11 is 0. The summed E-state index contributed by atoms with van der Waals surface area (Å²) in [6.45, 7) is 8.00. The van der Waals surface area contributed by atoms with E-state index in [9.17, 15) is 9.90 Å². The van der Waals surface area contributed by atoms with Gasteiger partial charge in [0.15, 0.2) is 0 Å². The van der Waals surface area contributed by atoms with Gasteiger partial charge in [-0.3, -0.25) is 0 Å². The van der Waals surface area contributed by atoms with Gasteiger partial charge < -0.3 is 19.7 Å². The first-order valence-electron chi connectivity index (χ1n) is 10.2. The van der Waals surface area contributed by atoms with Crippen molar-refractivity contribution in [2.45, 2.75) is 39.8 Å². The van der Waals surface area contributed by atoms with Crippen molar-refractivity contribution in [2.75, 3.05) is 13.7 Å². The maximum Gasteiger partial charge on any atom is 0.337 e. The van der Waals surface area contributed by atoms with Gasteiger partial charge in [-0.15, -0.1) is 0 Å². The molecule has 1 aromatic heterocycles. The Balaban J connectivity index is 1.78. The molecule has 0 aliphatic rings. The first kappa shape index (κ1) is 21.7. The summed E-state index contributed by atoms with van der Waals surface area (Å²) in [6, 6.07) is 18.2. The minimum absolute atomic E-state index is 0.349. The molecular weight excluding hydrogens is 376 g/mol. The summed E-state index contributed by atoms with van der Waals surface area (Å²) in [7, 11) is 1.65. The number of aromatic carboxylic acids is 1. The normalized spacial score (nSPS) is 12.0. The first-order valence-corrected chi connectivity index (χ1v) is 10.2. The monoisotopic (exact) mass is 406 g/mol. The Hall–Kier alpha value is -3.05. The van der Waals surface area contributed by atoms with Gasteiger partial charge in [0.05, 0.1) is 12.7 Å².